The molecule has 2 fully saturated rings. The summed E-state index contributed by atoms with van der Waals surface area (Å²) in [5.74, 6) is 3.42. The van der Waals surface area contributed by atoms with Crippen LogP contribution in [0.5, 0.6) is 0 Å². The molecule has 0 aromatic carbocycles. The highest BCUT2D eigenvalue weighted by atomic mass is 15.2. The molecule has 1 aromatic heterocycles. The minimum Gasteiger partial charge on any atom is -0.382 e. The van der Waals surface area contributed by atoms with Gasteiger partial charge >= 0.3 is 0 Å². The molecule has 0 spiro atoms. The van der Waals surface area contributed by atoms with Gasteiger partial charge in [0.1, 0.15) is 5.82 Å². The van der Waals surface area contributed by atoms with Gasteiger partial charge in [0, 0.05) is 17.7 Å². The molecule has 2 aliphatic carbocycles. The number of nitrogens with two attached hydrogens (primary N) is 1. The first-order valence-corrected chi connectivity index (χ1v) is 5.13. The molecule has 0 aliphatic heterocycles. The van der Waals surface area contributed by atoms with Crippen LogP contribution in [-0.2, 0) is 0 Å². The molecule has 0 amide bonds. The van der Waals surface area contributed by atoms with Crippen LogP contribution in [0.1, 0.15) is 37.3 Å². The van der Waals surface area contributed by atoms with Crippen molar-refractivity contribution < 1.29 is 0 Å². The van der Waals surface area contributed by atoms with Gasteiger partial charge in [0.25, 0.3) is 0 Å². The lowest BCUT2D eigenvalue weighted by Crippen LogP contribution is -2.07. The maximum atomic E-state index is 5.59. The summed E-state index contributed by atoms with van der Waals surface area (Å²) in [5, 5.41) is 7.02. The summed E-state index contributed by atoms with van der Waals surface area (Å²) in [7, 11) is 0. The summed E-state index contributed by atoms with van der Waals surface area (Å²) in [6.07, 6.45) is 5.56. The van der Waals surface area contributed by atoms with Crippen LogP contribution in [0.15, 0.2) is 6.07 Å². The van der Waals surface area contributed by atoms with Crippen LogP contribution >= 0.6 is 0 Å². The molecular weight excluding hydrogens is 162 g/mol. The molecule has 3 rings (SSSR count). The lowest BCUT2D eigenvalue weighted by atomic mass is 9.87. The number of nitrogens with zero attached hydrogens (tertiary/aromatic N) is 1. The predicted octanol–water partition coefficient (Wildman–Crippen LogP) is 1.90. The average molecular weight is 177 g/mol. The Morgan fingerprint density at radius 2 is 2.23 bits per heavy atom. The SMILES string of the molecule is Nc1cc(C2CCC3CC3C2)[nH]n1. The van der Waals surface area contributed by atoms with E-state index in [1.165, 1.54) is 31.4 Å². The van der Waals surface area contributed by atoms with Gasteiger partial charge in [-0.15, -0.1) is 0 Å². The van der Waals surface area contributed by atoms with Gasteiger partial charge in [0.05, 0.1) is 0 Å². The van der Waals surface area contributed by atoms with Crippen molar-refractivity contribution in [2.45, 2.75) is 31.6 Å². The first kappa shape index (κ1) is 7.42. The highest BCUT2D eigenvalue weighted by Crippen LogP contribution is 2.53. The van der Waals surface area contributed by atoms with Crippen molar-refractivity contribution >= 4 is 5.82 Å². The fourth-order valence-electron chi connectivity index (χ4n) is 2.70. The van der Waals surface area contributed by atoms with E-state index in [4.69, 9.17) is 5.73 Å². The van der Waals surface area contributed by atoms with Crippen molar-refractivity contribution in [3.8, 4) is 0 Å². The zero-order chi connectivity index (χ0) is 8.84. The molecule has 70 valence electrons. The Morgan fingerprint density at radius 1 is 1.31 bits per heavy atom. The highest BCUT2D eigenvalue weighted by Gasteiger charge is 2.42. The van der Waals surface area contributed by atoms with Crippen molar-refractivity contribution in [3.63, 3.8) is 0 Å². The third-order valence-electron chi connectivity index (χ3n) is 3.60. The van der Waals surface area contributed by atoms with Crippen LogP contribution in [0.25, 0.3) is 0 Å². The van der Waals surface area contributed by atoms with Crippen LogP contribution in [0.4, 0.5) is 5.82 Å². The zero-order valence-electron chi connectivity index (χ0n) is 7.66. The molecule has 1 heterocycles. The maximum absolute atomic E-state index is 5.59. The first-order chi connectivity index (χ1) is 6.33. The summed E-state index contributed by atoms with van der Waals surface area (Å²) in [4.78, 5) is 0. The second-order valence-corrected chi connectivity index (χ2v) is 4.51. The van der Waals surface area contributed by atoms with Gasteiger partial charge in [-0.2, -0.15) is 5.10 Å². The molecule has 0 radical (unpaired) electrons. The minimum atomic E-state index is 0.632. The van der Waals surface area contributed by atoms with Crippen LogP contribution in [0, 0.1) is 11.8 Å². The fourth-order valence-corrected chi connectivity index (χ4v) is 2.70. The van der Waals surface area contributed by atoms with Gasteiger partial charge in [0.2, 0.25) is 0 Å². The van der Waals surface area contributed by atoms with E-state index in [-0.39, 0.29) is 0 Å². The summed E-state index contributed by atoms with van der Waals surface area (Å²) < 4.78 is 0. The van der Waals surface area contributed by atoms with E-state index in [2.05, 4.69) is 10.2 Å². The minimum absolute atomic E-state index is 0.632. The quantitative estimate of drug-likeness (QED) is 0.688. The Labute approximate surface area is 77.7 Å². The summed E-state index contributed by atoms with van der Waals surface area (Å²) >= 11 is 0. The van der Waals surface area contributed by atoms with Crippen molar-refractivity contribution in [2.24, 2.45) is 11.8 Å². The number of H-pyrrole nitrogens is 1. The summed E-state index contributed by atoms with van der Waals surface area (Å²) in [5.41, 5.74) is 6.84. The molecule has 3 atom stereocenters. The molecule has 3 N–H and O–H groups in total. The number of hydrogen-bond donors (Lipinski definition) is 2. The fraction of sp³-hybridized carbons (Fsp3) is 0.700. The van der Waals surface area contributed by atoms with Crippen LogP contribution in [0.3, 0.4) is 0 Å². The van der Waals surface area contributed by atoms with Crippen molar-refractivity contribution in [1.29, 1.82) is 0 Å². The molecule has 3 unspecified atom stereocenters. The molecule has 13 heavy (non-hydrogen) atoms. The number of fused-ring (bicyclic) bond motifs is 1. The van der Waals surface area contributed by atoms with E-state index in [1.807, 2.05) is 6.07 Å². The second-order valence-electron chi connectivity index (χ2n) is 4.51. The monoisotopic (exact) mass is 177 g/mol. The van der Waals surface area contributed by atoms with Gasteiger partial charge in [-0.05, 0) is 37.5 Å². The Kier molecular flexibility index (Phi) is 1.43. The van der Waals surface area contributed by atoms with Gasteiger partial charge in [0.15, 0.2) is 0 Å². The predicted molar refractivity (Wildman–Crippen MR) is 51.2 cm³/mol. The standard InChI is InChI=1S/C10H15N3/c11-10-5-9(12-13-10)7-2-1-6-3-8(6)4-7/h5-8H,1-4H2,(H3,11,12,13). The van der Waals surface area contributed by atoms with Gasteiger partial charge in [-0.25, -0.2) is 0 Å². The van der Waals surface area contributed by atoms with Crippen molar-refractivity contribution in [2.75, 3.05) is 5.73 Å². The summed E-state index contributed by atoms with van der Waals surface area (Å²) in [6.45, 7) is 0. The third-order valence-corrected chi connectivity index (χ3v) is 3.60. The van der Waals surface area contributed by atoms with Crippen molar-refractivity contribution in [3.05, 3.63) is 11.8 Å². The lowest BCUT2D eigenvalue weighted by Gasteiger charge is -2.19. The first-order valence-electron chi connectivity index (χ1n) is 5.13. The smallest absolute Gasteiger partial charge is 0.145 e. The molecular formula is C10H15N3. The number of hydrogen-bond acceptors (Lipinski definition) is 2. The largest absolute Gasteiger partial charge is 0.382 e. The number of nitrogens with one attached hydrogen (secondary N) is 1. The highest BCUT2D eigenvalue weighted by molar-refractivity contribution is 5.30. The average Bonchev–Trinajstić information content (AvgIpc) is 2.79. The van der Waals surface area contributed by atoms with Crippen LogP contribution in [0.2, 0.25) is 0 Å². The molecule has 0 bridgehead atoms. The summed E-state index contributed by atoms with van der Waals surface area (Å²) in [6, 6.07) is 1.99. The molecule has 1 aromatic rings. The van der Waals surface area contributed by atoms with E-state index in [9.17, 15) is 0 Å². The number of aromatic amines is 1. The second kappa shape index (κ2) is 2.50. The number of aromatic nitrogens is 2. The number of rotatable bonds is 1. The molecule has 3 heteroatoms. The Balaban J connectivity index is 1.77. The van der Waals surface area contributed by atoms with Gasteiger partial charge in [-0.3, -0.25) is 5.10 Å². The van der Waals surface area contributed by atoms with Crippen LogP contribution < -0.4 is 5.73 Å². The topological polar surface area (TPSA) is 54.7 Å². The number of nitrogen functional groups attached to an aromatic ring is 1. The van der Waals surface area contributed by atoms with Crippen molar-refractivity contribution in [1.82, 2.24) is 10.2 Å². The molecule has 2 saturated carbocycles. The normalized spacial score (nSPS) is 37.1. The van der Waals surface area contributed by atoms with Gasteiger partial charge in [-0.1, -0.05) is 0 Å². The van der Waals surface area contributed by atoms with E-state index >= 15 is 0 Å². The third kappa shape index (κ3) is 1.23. The Morgan fingerprint density at radius 3 is 2.92 bits per heavy atom. The lowest BCUT2D eigenvalue weighted by molar-refractivity contribution is 0.417. The number of anilines is 1. The van der Waals surface area contributed by atoms with E-state index < -0.39 is 0 Å². The zero-order valence-corrected chi connectivity index (χ0v) is 7.66. The molecule has 3 nitrogen and oxygen atoms in total. The van der Waals surface area contributed by atoms with E-state index in [0.29, 0.717) is 11.7 Å². The Hall–Kier alpha value is -0.990. The van der Waals surface area contributed by atoms with E-state index in [1.54, 1.807) is 0 Å². The van der Waals surface area contributed by atoms with Crippen LogP contribution in [-0.4, -0.2) is 10.2 Å². The molecule has 0 saturated heterocycles. The molecule has 2 aliphatic rings. The maximum Gasteiger partial charge on any atom is 0.145 e. The van der Waals surface area contributed by atoms with E-state index in [0.717, 1.165) is 11.8 Å². The van der Waals surface area contributed by atoms with Gasteiger partial charge < -0.3 is 5.73 Å². The Bertz CT molecular complexity index is 318.